The van der Waals surface area contributed by atoms with E-state index < -0.39 is 6.09 Å². The quantitative estimate of drug-likeness (QED) is 0.650. The molecule has 2 aromatic rings. The molecule has 1 atom stereocenters. The molecule has 0 spiro atoms. The molecule has 2 aliphatic rings. The van der Waals surface area contributed by atoms with Crippen LogP contribution in [0.25, 0.3) is 0 Å². The fraction of sp³-hybridized carbons (Fsp3) is 0.478. The number of carboxylic acid groups (broad SMARTS) is 1. The highest BCUT2D eigenvalue weighted by Crippen LogP contribution is 2.20. The monoisotopic (exact) mass is 454 g/mol. The SMILES string of the molecule is CN1CCC[C@H]1COc1nc(C(=O)NCc2ccccc2)cc(N2CCN(C(=O)O)CC2)n1. The fourth-order valence-corrected chi connectivity index (χ4v) is 4.11. The molecule has 33 heavy (non-hydrogen) atoms. The number of anilines is 1. The van der Waals surface area contributed by atoms with Gasteiger partial charge in [0.1, 0.15) is 18.1 Å². The van der Waals surface area contributed by atoms with Gasteiger partial charge in [0, 0.05) is 44.8 Å². The third-order valence-corrected chi connectivity index (χ3v) is 6.17. The van der Waals surface area contributed by atoms with E-state index in [9.17, 15) is 14.7 Å². The van der Waals surface area contributed by atoms with Gasteiger partial charge in [0.2, 0.25) is 0 Å². The highest BCUT2D eigenvalue weighted by molar-refractivity contribution is 5.93. The lowest BCUT2D eigenvalue weighted by molar-refractivity contribution is 0.0943. The van der Waals surface area contributed by atoms with E-state index in [1.807, 2.05) is 35.2 Å². The van der Waals surface area contributed by atoms with Gasteiger partial charge >= 0.3 is 12.1 Å². The summed E-state index contributed by atoms with van der Waals surface area (Å²) in [5, 5.41) is 12.1. The van der Waals surface area contributed by atoms with E-state index >= 15 is 0 Å². The number of hydrogen-bond donors (Lipinski definition) is 2. The van der Waals surface area contributed by atoms with Gasteiger partial charge in [0.15, 0.2) is 0 Å². The van der Waals surface area contributed by atoms with Crippen molar-refractivity contribution in [2.75, 3.05) is 51.3 Å². The number of nitrogens with one attached hydrogen (secondary N) is 1. The third kappa shape index (κ3) is 5.89. The van der Waals surface area contributed by atoms with Crippen LogP contribution in [0.5, 0.6) is 6.01 Å². The Morgan fingerprint density at radius 1 is 1.12 bits per heavy atom. The Hall–Kier alpha value is -3.40. The number of piperazine rings is 1. The molecule has 0 bridgehead atoms. The molecule has 2 saturated heterocycles. The Kier molecular flexibility index (Phi) is 7.23. The number of amides is 2. The lowest BCUT2D eigenvalue weighted by Crippen LogP contribution is -2.48. The highest BCUT2D eigenvalue weighted by Gasteiger charge is 2.25. The van der Waals surface area contributed by atoms with E-state index in [4.69, 9.17) is 4.74 Å². The Labute approximate surface area is 193 Å². The molecule has 0 aliphatic carbocycles. The standard InChI is InChI=1S/C23H30N6O4/c1-27-9-5-8-18(27)16-33-22-25-19(21(30)24-15-17-6-3-2-4-7-17)14-20(26-22)28-10-12-29(13-11-28)23(31)32/h2-4,6-7,14,18H,5,8-13,15-16H2,1H3,(H,24,30)(H,31,32)/t18-/m0/s1. The number of benzene rings is 1. The molecule has 0 saturated carbocycles. The molecule has 1 aromatic heterocycles. The smallest absolute Gasteiger partial charge is 0.407 e. The van der Waals surface area contributed by atoms with Crippen LogP contribution in [0.4, 0.5) is 10.6 Å². The zero-order valence-corrected chi connectivity index (χ0v) is 18.8. The predicted octanol–water partition coefficient (Wildman–Crippen LogP) is 1.68. The van der Waals surface area contributed by atoms with E-state index in [-0.39, 0.29) is 17.6 Å². The summed E-state index contributed by atoms with van der Waals surface area (Å²) in [5.74, 6) is 0.254. The normalized spacial score (nSPS) is 18.9. The molecule has 0 unspecified atom stereocenters. The number of likely N-dealkylation sites (N-methyl/N-ethyl adjacent to an activating group) is 1. The Morgan fingerprint density at radius 2 is 1.88 bits per heavy atom. The van der Waals surface area contributed by atoms with Crippen LogP contribution in [-0.2, 0) is 6.54 Å². The molecule has 10 nitrogen and oxygen atoms in total. The summed E-state index contributed by atoms with van der Waals surface area (Å²) in [5.41, 5.74) is 1.22. The second-order valence-corrected chi connectivity index (χ2v) is 8.41. The first-order valence-corrected chi connectivity index (χ1v) is 11.3. The maximum absolute atomic E-state index is 12.9. The number of hydrogen-bond acceptors (Lipinski definition) is 7. The first kappa shape index (κ1) is 22.8. The van der Waals surface area contributed by atoms with Crippen molar-refractivity contribution in [3.8, 4) is 6.01 Å². The number of carbonyl (C=O) groups excluding carboxylic acids is 1. The minimum Gasteiger partial charge on any atom is -0.465 e. The summed E-state index contributed by atoms with van der Waals surface area (Å²) in [6.45, 7) is 3.60. The maximum Gasteiger partial charge on any atom is 0.407 e. The average Bonchev–Trinajstić information content (AvgIpc) is 3.26. The summed E-state index contributed by atoms with van der Waals surface area (Å²) >= 11 is 0. The molecular formula is C23H30N6O4. The van der Waals surface area contributed by atoms with Crippen LogP contribution in [0.15, 0.2) is 36.4 Å². The number of ether oxygens (including phenoxy) is 1. The van der Waals surface area contributed by atoms with Crippen molar-refractivity contribution >= 4 is 17.8 Å². The first-order valence-electron chi connectivity index (χ1n) is 11.3. The van der Waals surface area contributed by atoms with Gasteiger partial charge in [-0.1, -0.05) is 30.3 Å². The van der Waals surface area contributed by atoms with E-state index in [2.05, 4.69) is 27.2 Å². The topological polar surface area (TPSA) is 111 Å². The predicted molar refractivity (Wildman–Crippen MR) is 123 cm³/mol. The van der Waals surface area contributed by atoms with Crippen LogP contribution in [0.2, 0.25) is 0 Å². The number of nitrogens with zero attached hydrogens (tertiary/aromatic N) is 5. The lowest BCUT2D eigenvalue weighted by atomic mass is 10.2. The molecule has 10 heteroatoms. The summed E-state index contributed by atoms with van der Waals surface area (Å²) in [7, 11) is 2.07. The van der Waals surface area contributed by atoms with Gasteiger partial charge in [-0.25, -0.2) is 4.79 Å². The highest BCUT2D eigenvalue weighted by atomic mass is 16.5. The van der Waals surface area contributed by atoms with Gasteiger partial charge in [-0.3, -0.25) is 4.79 Å². The zero-order valence-electron chi connectivity index (χ0n) is 18.8. The van der Waals surface area contributed by atoms with Crippen LogP contribution in [0.3, 0.4) is 0 Å². The molecule has 176 valence electrons. The summed E-state index contributed by atoms with van der Waals surface area (Å²) in [6, 6.07) is 11.8. The largest absolute Gasteiger partial charge is 0.465 e. The van der Waals surface area contributed by atoms with Crippen molar-refractivity contribution in [3.05, 3.63) is 47.7 Å². The van der Waals surface area contributed by atoms with E-state index in [1.54, 1.807) is 6.07 Å². The number of rotatable bonds is 7. The molecule has 1 aromatic carbocycles. The molecule has 2 fully saturated rings. The zero-order chi connectivity index (χ0) is 23.2. The Bertz CT molecular complexity index is 965. The van der Waals surface area contributed by atoms with Gasteiger partial charge in [0.05, 0.1) is 0 Å². The number of aromatic nitrogens is 2. The fourth-order valence-electron chi connectivity index (χ4n) is 4.11. The van der Waals surface area contributed by atoms with Crippen LogP contribution >= 0.6 is 0 Å². The molecule has 2 N–H and O–H groups in total. The van der Waals surface area contributed by atoms with Crippen LogP contribution in [0.1, 0.15) is 28.9 Å². The molecule has 0 radical (unpaired) electrons. The van der Waals surface area contributed by atoms with Crippen molar-refractivity contribution in [1.29, 1.82) is 0 Å². The van der Waals surface area contributed by atoms with Gasteiger partial charge < -0.3 is 29.9 Å². The number of likely N-dealkylation sites (tertiary alicyclic amines) is 1. The van der Waals surface area contributed by atoms with Crippen molar-refractivity contribution in [2.24, 2.45) is 0 Å². The third-order valence-electron chi connectivity index (χ3n) is 6.17. The van der Waals surface area contributed by atoms with E-state index in [0.717, 1.165) is 24.9 Å². The minimum atomic E-state index is -0.928. The average molecular weight is 455 g/mol. The Morgan fingerprint density at radius 3 is 2.55 bits per heavy atom. The number of carbonyl (C=O) groups is 2. The minimum absolute atomic E-state index is 0.165. The van der Waals surface area contributed by atoms with Crippen molar-refractivity contribution in [1.82, 2.24) is 25.1 Å². The summed E-state index contributed by atoms with van der Waals surface area (Å²) in [6.07, 6.45) is 1.26. The molecular weight excluding hydrogens is 424 g/mol. The molecule has 3 heterocycles. The van der Waals surface area contributed by atoms with Gasteiger partial charge in [-0.05, 0) is 32.0 Å². The first-order chi connectivity index (χ1) is 16.0. The van der Waals surface area contributed by atoms with E-state index in [0.29, 0.717) is 51.2 Å². The maximum atomic E-state index is 12.9. The van der Waals surface area contributed by atoms with Crippen LogP contribution in [-0.4, -0.2) is 89.3 Å². The Balaban J connectivity index is 1.49. The summed E-state index contributed by atoms with van der Waals surface area (Å²) < 4.78 is 5.93. The van der Waals surface area contributed by atoms with Gasteiger partial charge in [0.25, 0.3) is 5.91 Å². The van der Waals surface area contributed by atoms with Crippen molar-refractivity contribution in [3.63, 3.8) is 0 Å². The van der Waals surface area contributed by atoms with Gasteiger partial charge in [-0.15, -0.1) is 0 Å². The van der Waals surface area contributed by atoms with Crippen molar-refractivity contribution < 1.29 is 19.4 Å². The second kappa shape index (κ2) is 10.5. The second-order valence-electron chi connectivity index (χ2n) is 8.41. The van der Waals surface area contributed by atoms with Crippen molar-refractivity contribution in [2.45, 2.75) is 25.4 Å². The van der Waals surface area contributed by atoms with E-state index in [1.165, 1.54) is 4.90 Å². The molecule has 2 amide bonds. The molecule has 2 aliphatic heterocycles. The lowest BCUT2D eigenvalue weighted by Gasteiger charge is -2.34. The van der Waals surface area contributed by atoms with Crippen LogP contribution < -0.4 is 15.0 Å². The molecule has 4 rings (SSSR count). The van der Waals surface area contributed by atoms with Gasteiger partial charge in [-0.2, -0.15) is 9.97 Å². The van der Waals surface area contributed by atoms with Crippen LogP contribution in [0, 0.1) is 0 Å². The summed E-state index contributed by atoms with van der Waals surface area (Å²) in [4.78, 5) is 38.6.